The zero-order valence-electron chi connectivity index (χ0n) is 20.0. The highest BCUT2D eigenvalue weighted by Crippen LogP contribution is 2.25. The van der Waals surface area contributed by atoms with E-state index in [0.717, 1.165) is 44.2 Å². The predicted molar refractivity (Wildman–Crippen MR) is 131 cm³/mol. The minimum Gasteiger partial charge on any atom is -0.293 e. The molecular formula is C26H31N6O2+. The molecule has 34 heavy (non-hydrogen) atoms. The monoisotopic (exact) mass is 459 g/mol. The van der Waals surface area contributed by atoms with Gasteiger partial charge in [-0.2, -0.15) is 0 Å². The van der Waals surface area contributed by atoms with Crippen LogP contribution in [0.1, 0.15) is 16.7 Å². The molecule has 1 atom stereocenters. The van der Waals surface area contributed by atoms with Crippen LogP contribution >= 0.6 is 0 Å². The smallest absolute Gasteiger partial charge is 0.293 e. The van der Waals surface area contributed by atoms with E-state index >= 15 is 0 Å². The molecule has 8 nitrogen and oxygen atoms in total. The lowest BCUT2D eigenvalue weighted by Gasteiger charge is -2.33. The van der Waals surface area contributed by atoms with Crippen molar-refractivity contribution in [2.45, 2.75) is 26.1 Å². The first-order chi connectivity index (χ1) is 16.4. The number of benzene rings is 2. The van der Waals surface area contributed by atoms with Crippen molar-refractivity contribution in [2.75, 3.05) is 40.3 Å². The normalized spacial score (nSPS) is 21.3. The van der Waals surface area contributed by atoms with Gasteiger partial charge in [-0.15, -0.1) is 0 Å². The number of carbonyl (C=O) groups is 2. The van der Waals surface area contributed by atoms with E-state index in [2.05, 4.69) is 57.7 Å². The van der Waals surface area contributed by atoms with Crippen LogP contribution in [0.4, 0.5) is 4.79 Å². The van der Waals surface area contributed by atoms with Gasteiger partial charge in [0.05, 0.1) is 19.6 Å². The molecule has 0 N–H and O–H groups in total. The minimum atomic E-state index is -0.590. The van der Waals surface area contributed by atoms with E-state index in [0.29, 0.717) is 12.4 Å². The fourth-order valence-electron chi connectivity index (χ4n) is 4.95. The highest BCUT2D eigenvalue weighted by molar-refractivity contribution is 6.25. The summed E-state index contributed by atoms with van der Waals surface area (Å²) in [5.41, 5.74) is 3.71. The number of amides is 3. The van der Waals surface area contributed by atoms with Gasteiger partial charge in [-0.3, -0.25) is 24.1 Å². The predicted octanol–water partition coefficient (Wildman–Crippen LogP) is 1.99. The third kappa shape index (κ3) is 4.09. The molecule has 1 unspecified atom stereocenters. The minimum absolute atomic E-state index is 0.231. The van der Waals surface area contributed by atoms with Crippen LogP contribution in [-0.2, 0) is 17.9 Å². The summed E-state index contributed by atoms with van der Waals surface area (Å²) >= 11 is 0. The Labute approximate surface area is 200 Å². The summed E-state index contributed by atoms with van der Waals surface area (Å²) < 4.78 is 2.26. The Morgan fingerprint density at radius 2 is 1.62 bits per heavy atom. The second-order valence-electron chi connectivity index (χ2n) is 9.28. The summed E-state index contributed by atoms with van der Waals surface area (Å²) in [5, 5.41) is 0. The zero-order chi connectivity index (χ0) is 23.8. The molecule has 3 heterocycles. The quantitative estimate of drug-likeness (QED) is 0.656. The molecule has 2 aromatic rings. The zero-order valence-corrected chi connectivity index (χ0v) is 20.0. The summed E-state index contributed by atoms with van der Waals surface area (Å²) in [6.07, 6.45) is 0. The average Bonchev–Trinajstić information content (AvgIpc) is 3.22. The van der Waals surface area contributed by atoms with Gasteiger partial charge in [-0.1, -0.05) is 65.2 Å². The van der Waals surface area contributed by atoms with E-state index in [1.165, 1.54) is 20.9 Å². The van der Waals surface area contributed by atoms with Crippen molar-refractivity contribution < 1.29 is 14.2 Å². The number of urea groups is 1. The van der Waals surface area contributed by atoms with Crippen LogP contribution in [0.3, 0.4) is 0 Å². The maximum atomic E-state index is 13.2. The molecule has 2 saturated heterocycles. The molecule has 5 rings (SSSR count). The number of guanidine groups is 1. The molecule has 0 spiro atoms. The molecule has 3 aliphatic heterocycles. The molecule has 2 fully saturated rings. The van der Waals surface area contributed by atoms with Crippen molar-refractivity contribution in [3.63, 3.8) is 0 Å². The van der Waals surface area contributed by atoms with Crippen LogP contribution in [-0.4, -0.2) is 94.2 Å². The van der Waals surface area contributed by atoms with Crippen molar-refractivity contribution in [1.82, 2.24) is 19.6 Å². The summed E-state index contributed by atoms with van der Waals surface area (Å²) in [4.78, 5) is 37.8. The summed E-state index contributed by atoms with van der Waals surface area (Å²) in [6, 6.07) is 17.8. The first-order valence-electron chi connectivity index (χ1n) is 11.8. The third-order valence-electron chi connectivity index (χ3n) is 6.85. The summed E-state index contributed by atoms with van der Waals surface area (Å²) in [7, 11) is 3.24. The largest absolute Gasteiger partial charge is 0.392 e. The Kier molecular flexibility index (Phi) is 5.91. The number of aliphatic imine (C=N–C) groups is 1. The van der Waals surface area contributed by atoms with Crippen molar-refractivity contribution in [1.29, 1.82) is 0 Å². The first-order valence-corrected chi connectivity index (χ1v) is 11.8. The van der Waals surface area contributed by atoms with Crippen LogP contribution in [0.25, 0.3) is 0 Å². The second kappa shape index (κ2) is 9.02. The topological polar surface area (TPSA) is 62.5 Å². The van der Waals surface area contributed by atoms with E-state index in [4.69, 9.17) is 4.99 Å². The van der Waals surface area contributed by atoms with Gasteiger partial charge < -0.3 is 0 Å². The third-order valence-corrected chi connectivity index (χ3v) is 6.85. The second-order valence-corrected chi connectivity index (χ2v) is 9.28. The number of rotatable bonds is 4. The van der Waals surface area contributed by atoms with Gasteiger partial charge in [-0.25, -0.2) is 9.69 Å². The lowest BCUT2D eigenvalue weighted by atomic mass is 10.1. The first kappa shape index (κ1) is 22.3. The Hall–Kier alpha value is -3.52. The fourth-order valence-corrected chi connectivity index (χ4v) is 4.95. The van der Waals surface area contributed by atoms with Crippen molar-refractivity contribution in [3.8, 4) is 0 Å². The maximum absolute atomic E-state index is 13.2. The van der Waals surface area contributed by atoms with Crippen LogP contribution in [0.5, 0.6) is 0 Å². The van der Waals surface area contributed by atoms with Gasteiger partial charge in [0.25, 0.3) is 5.91 Å². The maximum Gasteiger partial charge on any atom is 0.392 e. The Morgan fingerprint density at radius 3 is 2.32 bits per heavy atom. The number of nitrogens with zero attached hydrogens (tertiary/aromatic N) is 6. The molecule has 2 aromatic carbocycles. The van der Waals surface area contributed by atoms with E-state index in [1.807, 2.05) is 18.2 Å². The molecule has 0 aromatic heterocycles. The number of hydrogen-bond acceptors (Lipinski definition) is 3. The Balaban J connectivity index is 1.42. The number of carbonyl (C=O) groups excluding carboxylic acids is 2. The van der Waals surface area contributed by atoms with Crippen LogP contribution in [0.2, 0.25) is 0 Å². The van der Waals surface area contributed by atoms with Crippen LogP contribution in [0.15, 0.2) is 59.6 Å². The van der Waals surface area contributed by atoms with Gasteiger partial charge in [0.15, 0.2) is 0 Å². The molecule has 0 radical (unpaired) electrons. The van der Waals surface area contributed by atoms with Crippen LogP contribution in [0, 0.1) is 6.92 Å². The van der Waals surface area contributed by atoms with Gasteiger partial charge in [0.2, 0.25) is 11.9 Å². The van der Waals surface area contributed by atoms with Crippen molar-refractivity contribution >= 4 is 23.7 Å². The standard InChI is InChI=1S/C26H31N6O2/c1-19-8-7-11-21(16-19)17-30-12-14-31(15-13-30)25-27-23-22(24(33)29(3)26(34)28(23)2)32(25)18-20-9-5-4-6-10-20/h4-11,16,22H,12-15,17-18H2,1-3H3/q+1. The summed E-state index contributed by atoms with van der Waals surface area (Å²) in [5.74, 6) is 1.06. The summed E-state index contributed by atoms with van der Waals surface area (Å²) in [6.45, 7) is 7.06. The van der Waals surface area contributed by atoms with Crippen molar-refractivity contribution in [2.24, 2.45) is 4.99 Å². The van der Waals surface area contributed by atoms with E-state index < -0.39 is 6.04 Å². The molecule has 176 valence electrons. The lowest BCUT2D eigenvalue weighted by molar-refractivity contribution is -0.545. The number of likely N-dealkylation sites (N-methyl/N-ethyl adjacent to an activating group) is 2. The van der Waals surface area contributed by atoms with Gasteiger partial charge >= 0.3 is 12.0 Å². The molecule has 3 amide bonds. The molecular weight excluding hydrogens is 428 g/mol. The molecule has 0 aliphatic carbocycles. The molecule has 8 heteroatoms. The molecule has 0 bridgehead atoms. The number of imide groups is 1. The van der Waals surface area contributed by atoms with E-state index in [9.17, 15) is 9.59 Å². The number of amidine groups is 1. The highest BCUT2D eigenvalue weighted by Gasteiger charge is 2.55. The lowest BCUT2D eigenvalue weighted by Crippen LogP contribution is -2.62. The van der Waals surface area contributed by atoms with E-state index in [1.54, 1.807) is 14.1 Å². The SMILES string of the molecule is Cc1cccc(CN2CC[N+](=C3N=C4C(C(=O)N(C)C(=O)N4C)N3Cc3ccccc3)CC2)c1. The van der Waals surface area contributed by atoms with Gasteiger partial charge in [-0.05, 0) is 18.1 Å². The van der Waals surface area contributed by atoms with E-state index in [-0.39, 0.29) is 11.9 Å². The number of fused-ring (bicyclic) bond motifs is 1. The van der Waals surface area contributed by atoms with Crippen molar-refractivity contribution in [3.05, 3.63) is 71.3 Å². The highest BCUT2D eigenvalue weighted by atomic mass is 16.2. The van der Waals surface area contributed by atoms with Gasteiger partial charge in [0, 0.05) is 33.7 Å². The average molecular weight is 460 g/mol. The van der Waals surface area contributed by atoms with Gasteiger partial charge in [0.1, 0.15) is 0 Å². The number of aryl methyl sites for hydroxylation is 1. The number of piperazine rings is 1. The molecule has 3 aliphatic rings. The fraction of sp³-hybridized carbons (Fsp3) is 0.385. The van der Waals surface area contributed by atoms with Crippen LogP contribution < -0.4 is 0 Å². The number of hydrogen-bond donors (Lipinski definition) is 0. The molecule has 0 saturated carbocycles. The Morgan fingerprint density at radius 1 is 0.912 bits per heavy atom. The Bertz CT molecular complexity index is 1160.